The zero-order valence-electron chi connectivity index (χ0n) is 14.5. The van der Waals surface area contributed by atoms with Crippen molar-refractivity contribution in [3.8, 4) is 0 Å². The maximum atomic E-state index is 6.74. The number of nitrogens with one attached hydrogen (secondary N) is 1. The standard InChI is InChI=1S/C18H35NO2/c1-5-9-19-13-18(8-6-7-14(2)12-18)21-17-10-15(3)20-16(4)11-17/h14-17,19H,5-13H2,1-4H3. The van der Waals surface area contributed by atoms with Crippen molar-refractivity contribution in [2.24, 2.45) is 5.92 Å². The summed E-state index contributed by atoms with van der Waals surface area (Å²) in [6, 6.07) is 0. The van der Waals surface area contributed by atoms with Gasteiger partial charge in [-0.3, -0.25) is 0 Å². The Labute approximate surface area is 131 Å². The lowest BCUT2D eigenvalue weighted by Gasteiger charge is -2.44. The minimum Gasteiger partial charge on any atom is -0.375 e. The molecule has 0 bridgehead atoms. The molecule has 1 aliphatic carbocycles. The van der Waals surface area contributed by atoms with Gasteiger partial charge in [-0.05, 0) is 58.4 Å². The van der Waals surface area contributed by atoms with Crippen LogP contribution in [0.25, 0.3) is 0 Å². The van der Waals surface area contributed by atoms with Crippen LogP contribution in [-0.2, 0) is 9.47 Å². The van der Waals surface area contributed by atoms with Gasteiger partial charge in [-0.1, -0.05) is 26.7 Å². The predicted molar refractivity (Wildman–Crippen MR) is 87.6 cm³/mol. The average molecular weight is 297 g/mol. The maximum Gasteiger partial charge on any atom is 0.0812 e. The lowest BCUT2D eigenvalue weighted by Crippen LogP contribution is -2.50. The Morgan fingerprint density at radius 2 is 1.90 bits per heavy atom. The summed E-state index contributed by atoms with van der Waals surface area (Å²) in [5.74, 6) is 0.789. The van der Waals surface area contributed by atoms with E-state index < -0.39 is 0 Å². The molecular weight excluding hydrogens is 262 g/mol. The third-order valence-electron chi connectivity index (χ3n) is 4.99. The lowest BCUT2D eigenvalue weighted by molar-refractivity contribution is -0.170. The van der Waals surface area contributed by atoms with Crippen LogP contribution < -0.4 is 5.32 Å². The molecule has 0 aromatic rings. The fourth-order valence-corrected chi connectivity index (χ4v) is 4.21. The van der Waals surface area contributed by atoms with Gasteiger partial charge >= 0.3 is 0 Å². The molecular formula is C18H35NO2. The van der Waals surface area contributed by atoms with Gasteiger partial charge in [0.2, 0.25) is 0 Å². The molecule has 1 saturated carbocycles. The first-order valence-electron chi connectivity index (χ1n) is 9.07. The Hall–Kier alpha value is -0.120. The summed E-state index contributed by atoms with van der Waals surface area (Å²) >= 11 is 0. The quantitative estimate of drug-likeness (QED) is 0.754. The SMILES string of the molecule is CCCNCC1(OC2CC(C)OC(C)C2)CCCC(C)C1. The molecule has 0 radical (unpaired) electrons. The van der Waals surface area contributed by atoms with Crippen molar-refractivity contribution in [1.82, 2.24) is 5.32 Å². The second kappa shape index (κ2) is 7.94. The number of hydrogen-bond donors (Lipinski definition) is 1. The Morgan fingerprint density at radius 3 is 2.52 bits per heavy atom. The van der Waals surface area contributed by atoms with Gasteiger partial charge in [0.25, 0.3) is 0 Å². The van der Waals surface area contributed by atoms with Crippen LogP contribution in [0.15, 0.2) is 0 Å². The van der Waals surface area contributed by atoms with Crippen LogP contribution in [0.1, 0.15) is 72.6 Å². The molecule has 0 amide bonds. The normalized spacial score (nSPS) is 41.1. The largest absolute Gasteiger partial charge is 0.375 e. The van der Waals surface area contributed by atoms with Crippen LogP contribution in [-0.4, -0.2) is 37.0 Å². The van der Waals surface area contributed by atoms with Crippen LogP contribution in [0.3, 0.4) is 0 Å². The van der Waals surface area contributed by atoms with Crippen molar-refractivity contribution >= 4 is 0 Å². The zero-order valence-corrected chi connectivity index (χ0v) is 14.5. The third-order valence-corrected chi connectivity index (χ3v) is 4.99. The summed E-state index contributed by atoms with van der Waals surface area (Å²) in [6.07, 6.45) is 9.43. The van der Waals surface area contributed by atoms with Crippen LogP contribution in [0.2, 0.25) is 0 Å². The average Bonchev–Trinajstić information content (AvgIpc) is 2.37. The summed E-state index contributed by atoms with van der Waals surface area (Å²) in [6.45, 7) is 11.1. The fraction of sp³-hybridized carbons (Fsp3) is 1.00. The third kappa shape index (κ3) is 5.22. The van der Waals surface area contributed by atoms with Crippen molar-refractivity contribution in [1.29, 1.82) is 0 Å². The first-order chi connectivity index (χ1) is 10.0. The van der Waals surface area contributed by atoms with Crippen LogP contribution in [0.5, 0.6) is 0 Å². The Kier molecular flexibility index (Phi) is 6.51. The van der Waals surface area contributed by atoms with Gasteiger partial charge in [-0.25, -0.2) is 0 Å². The van der Waals surface area contributed by atoms with Crippen molar-refractivity contribution in [2.45, 2.75) is 96.6 Å². The van der Waals surface area contributed by atoms with Crippen LogP contribution in [0.4, 0.5) is 0 Å². The molecule has 2 aliphatic rings. The van der Waals surface area contributed by atoms with Crippen molar-refractivity contribution in [3.05, 3.63) is 0 Å². The molecule has 1 N–H and O–H groups in total. The van der Waals surface area contributed by atoms with Gasteiger partial charge in [0.15, 0.2) is 0 Å². The molecule has 1 aliphatic heterocycles. The van der Waals surface area contributed by atoms with E-state index in [9.17, 15) is 0 Å². The summed E-state index contributed by atoms with van der Waals surface area (Å²) in [5.41, 5.74) is 0.0638. The van der Waals surface area contributed by atoms with E-state index in [2.05, 4.69) is 33.0 Å². The Morgan fingerprint density at radius 1 is 1.19 bits per heavy atom. The number of rotatable bonds is 6. The van der Waals surface area contributed by atoms with E-state index in [-0.39, 0.29) is 5.60 Å². The molecule has 0 aromatic carbocycles. The molecule has 4 atom stereocenters. The zero-order chi connectivity index (χ0) is 15.3. The molecule has 124 valence electrons. The van der Waals surface area contributed by atoms with Gasteiger partial charge in [-0.2, -0.15) is 0 Å². The second-order valence-corrected chi connectivity index (χ2v) is 7.53. The highest BCUT2D eigenvalue weighted by atomic mass is 16.5. The summed E-state index contributed by atoms with van der Waals surface area (Å²) in [7, 11) is 0. The van der Waals surface area contributed by atoms with Gasteiger partial charge in [0.1, 0.15) is 0 Å². The molecule has 1 heterocycles. The van der Waals surface area contributed by atoms with E-state index in [0.29, 0.717) is 18.3 Å². The number of hydrogen-bond acceptors (Lipinski definition) is 3. The minimum atomic E-state index is 0.0638. The topological polar surface area (TPSA) is 30.5 Å². The van der Waals surface area contributed by atoms with Crippen molar-refractivity contribution < 1.29 is 9.47 Å². The van der Waals surface area contributed by atoms with E-state index in [1.54, 1.807) is 0 Å². The molecule has 0 spiro atoms. The highest BCUT2D eigenvalue weighted by Gasteiger charge is 2.39. The van der Waals surface area contributed by atoms with Crippen LogP contribution >= 0.6 is 0 Å². The molecule has 3 heteroatoms. The van der Waals surface area contributed by atoms with E-state index in [4.69, 9.17) is 9.47 Å². The monoisotopic (exact) mass is 297 g/mol. The minimum absolute atomic E-state index is 0.0638. The van der Waals surface area contributed by atoms with Crippen LogP contribution in [0, 0.1) is 5.92 Å². The van der Waals surface area contributed by atoms with E-state index in [1.165, 1.54) is 32.1 Å². The molecule has 0 aromatic heterocycles. The second-order valence-electron chi connectivity index (χ2n) is 7.53. The highest BCUT2D eigenvalue weighted by molar-refractivity contribution is 4.91. The van der Waals surface area contributed by atoms with Gasteiger partial charge in [0.05, 0.1) is 23.9 Å². The van der Waals surface area contributed by atoms with Gasteiger partial charge in [-0.15, -0.1) is 0 Å². The maximum absolute atomic E-state index is 6.74. The molecule has 2 fully saturated rings. The summed E-state index contributed by atoms with van der Waals surface area (Å²) < 4.78 is 12.6. The summed E-state index contributed by atoms with van der Waals surface area (Å²) in [4.78, 5) is 0. The summed E-state index contributed by atoms with van der Waals surface area (Å²) in [5, 5.41) is 3.62. The Bertz CT molecular complexity index is 300. The molecule has 21 heavy (non-hydrogen) atoms. The first kappa shape index (κ1) is 17.2. The van der Waals surface area contributed by atoms with Gasteiger partial charge in [0, 0.05) is 6.54 Å². The van der Waals surface area contributed by atoms with E-state index >= 15 is 0 Å². The predicted octanol–water partition coefficient (Wildman–Crippen LogP) is 3.91. The Balaban J connectivity index is 1.97. The molecule has 3 nitrogen and oxygen atoms in total. The fourth-order valence-electron chi connectivity index (χ4n) is 4.21. The molecule has 4 unspecified atom stereocenters. The van der Waals surface area contributed by atoms with E-state index in [0.717, 1.165) is 31.8 Å². The lowest BCUT2D eigenvalue weighted by atomic mass is 9.78. The van der Waals surface area contributed by atoms with E-state index in [1.807, 2.05) is 0 Å². The van der Waals surface area contributed by atoms with Gasteiger partial charge < -0.3 is 14.8 Å². The smallest absolute Gasteiger partial charge is 0.0812 e. The molecule has 1 saturated heterocycles. The first-order valence-corrected chi connectivity index (χ1v) is 9.07. The van der Waals surface area contributed by atoms with Crippen molar-refractivity contribution in [3.63, 3.8) is 0 Å². The van der Waals surface area contributed by atoms with Crippen molar-refractivity contribution in [2.75, 3.05) is 13.1 Å². The highest BCUT2D eigenvalue weighted by Crippen LogP contribution is 2.38. The molecule has 2 rings (SSSR count). The number of ether oxygens (including phenoxy) is 2.